The molecule has 0 radical (unpaired) electrons. The summed E-state index contributed by atoms with van der Waals surface area (Å²) in [5, 5.41) is 24.4. The lowest BCUT2D eigenvalue weighted by atomic mass is 10.2. The van der Waals surface area contributed by atoms with Gasteiger partial charge in [0, 0.05) is 17.1 Å². The summed E-state index contributed by atoms with van der Waals surface area (Å²) >= 11 is 3.32. The van der Waals surface area contributed by atoms with Crippen LogP contribution in [-0.4, -0.2) is 54.3 Å². The molecule has 2 heterocycles. The van der Waals surface area contributed by atoms with Crippen LogP contribution >= 0.6 is 15.9 Å². The van der Waals surface area contributed by atoms with E-state index >= 15 is 0 Å². The number of anilines is 1. The number of H-pyrrole nitrogens is 1. The zero-order chi connectivity index (χ0) is 22.7. The van der Waals surface area contributed by atoms with Crippen molar-refractivity contribution >= 4 is 39.3 Å². The number of rotatable bonds is 8. The fourth-order valence-electron chi connectivity index (χ4n) is 2.85. The molecule has 0 saturated heterocycles. The Hall–Kier alpha value is -2.96. The van der Waals surface area contributed by atoms with Crippen LogP contribution in [0.1, 0.15) is 19.4 Å². The highest BCUT2D eigenvalue weighted by molar-refractivity contribution is 9.10. The van der Waals surface area contributed by atoms with E-state index in [2.05, 4.69) is 36.4 Å². The second-order valence-electron chi connectivity index (χ2n) is 7.15. The number of phenolic OH excluding ortho intramolecular Hbond substituents is 1. The highest BCUT2D eigenvalue weighted by Crippen LogP contribution is 2.20. The minimum Gasteiger partial charge on any atom is -0.507 e. The van der Waals surface area contributed by atoms with Crippen LogP contribution in [0.15, 0.2) is 37.4 Å². The molecule has 0 spiro atoms. The van der Waals surface area contributed by atoms with E-state index in [9.17, 15) is 19.8 Å². The standard InChI is InChI=1S/C19H23BrN6O5/c1-10(2)31-9-13(27)8-26-15-16(25(3)19(30)23-17(15)29)22-18(26)24-21-7-11-6-12(20)4-5-14(11)28/h4-7,10,13,27-28H,8-9H2,1-3H3,(H,22,24)(H,23,29,30)/b21-7-/t13-/m1/s1. The monoisotopic (exact) mass is 494 g/mol. The normalized spacial score (nSPS) is 12.8. The second kappa shape index (κ2) is 9.45. The lowest BCUT2D eigenvalue weighted by molar-refractivity contribution is -0.000105. The molecule has 2 aromatic heterocycles. The Bertz CT molecular complexity index is 1230. The molecule has 0 amide bonds. The summed E-state index contributed by atoms with van der Waals surface area (Å²) in [6, 6.07) is 4.87. The molecule has 11 nitrogen and oxygen atoms in total. The van der Waals surface area contributed by atoms with Crippen molar-refractivity contribution in [3.05, 3.63) is 49.1 Å². The molecule has 166 valence electrons. The van der Waals surface area contributed by atoms with Gasteiger partial charge in [-0.05, 0) is 32.0 Å². The van der Waals surface area contributed by atoms with E-state index in [1.54, 1.807) is 12.1 Å². The summed E-state index contributed by atoms with van der Waals surface area (Å²) in [5.74, 6) is 0.165. The van der Waals surface area contributed by atoms with Gasteiger partial charge in [-0.1, -0.05) is 15.9 Å². The van der Waals surface area contributed by atoms with Crippen LogP contribution in [0.5, 0.6) is 5.75 Å². The van der Waals surface area contributed by atoms with Gasteiger partial charge in [-0.2, -0.15) is 10.1 Å². The van der Waals surface area contributed by atoms with Crippen LogP contribution in [0, 0.1) is 0 Å². The summed E-state index contributed by atoms with van der Waals surface area (Å²) in [4.78, 5) is 31.0. The smallest absolute Gasteiger partial charge is 0.329 e. The molecular formula is C19H23BrN6O5. The molecule has 31 heavy (non-hydrogen) atoms. The Balaban J connectivity index is 1.99. The molecule has 1 atom stereocenters. The first kappa shape index (κ1) is 22.7. The maximum Gasteiger partial charge on any atom is 0.329 e. The number of benzene rings is 1. The molecule has 3 aromatic rings. The molecule has 0 aliphatic rings. The lowest BCUT2D eigenvalue weighted by Crippen LogP contribution is -2.30. The van der Waals surface area contributed by atoms with Gasteiger partial charge in [-0.3, -0.25) is 14.3 Å². The van der Waals surface area contributed by atoms with Crippen LogP contribution in [0.4, 0.5) is 5.95 Å². The predicted octanol–water partition coefficient (Wildman–Crippen LogP) is 1.12. The Labute approximate surface area is 185 Å². The quantitative estimate of drug-likeness (QED) is 0.271. The molecule has 0 aliphatic heterocycles. The molecular weight excluding hydrogens is 472 g/mol. The minimum atomic E-state index is -0.935. The highest BCUT2D eigenvalue weighted by Gasteiger charge is 2.19. The lowest BCUT2D eigenvalue weighted by Gasteiger charge is -2.15. The number of hydrazone groups is 1. The Morgan fingerprint density at radius 2 is 2.13 bits per heavy atom. The fourth-order valence-corrected chi connectivity index (χ4v) is 3.23. The summed E-state index contributed by atoms with van der Waals surface area (Å²) in [6.07, 6.45) is 0.374. The number of aliphatic hydroxyl groups excluding tert-OH is 1. The van der Waals surface area contributed by atoms with Gasteiger partial charge in [-0.15, -0.1) is 0 Å². The number of aromatic nitrogens is 4. The van der Waals surface area contributed by atoms with Crippen molar-refractivity contribution in [1.29, 1.82) is 0 Å². The van der Waals surface area contributed by atoms with E-state index in [4.69, 9.17) is 4.74 Å². The zero-order valence-corrected chi connectivity index (χ0v) is 18.8. The zero-order valence-electron chi connectivity index (χ0n) is 17.2. The van der Waals surface area contributed by atoms with Crippen molar-refractivity contribution in [2.24, 2.45) is 12.1 Å². The topological polar surface area (TPSA) is 147 Å². The SMILES string of the molecule is CC(C)OC[C@H](O)Cn1c(N/N=C\c2cc(Br)ccc2O)nc2c1c(=O)[nH]c(=O)n2C. The fraction of sp³-hybridized carbons (Fsp3) is 0.368. The number of aromatic amines is 1. The first-order chi connectivity index (χ1) is 14.7. The van der Waals surface area contributed by atoms with Crippen molar-refractivity contribution in [2.45, 2.75) is 32.6 Å². The van der Waals surface area contributed by atoms with Crippen molar-refractivity contribution in [3.8, 4) is 5.75 Å². The number of nitrogens with zero attached hydrogens (tertiary/aromatic N) is 4. The van der Waals surface area contributed by atoms with Crippen molar-refractivity contribution in [1.82, 2.24) is 19.1 Å². The predicted molar refractivity (Wildman–Crippen MR) is 120 cm³/mol. The third-order valence-corrected chi connectivity index (χ3v) is 4.87. The van der Waals surface area contributed by atoms with Crippen LogP contribution in [0.25, 0.3) is 11.2 Å². The first-order valence-electron chi connectivity index (χ1n) is 9.44. The molecule has 1 aromatic carbocycles. The molecule has 0 bridgehead atoms. The molecule has 12 heteroatoms. The van der Waals surface area contributed by atoms with E-state index in [0.29, 0.717) is 5.56 Å². The van der Waals surface area contributed by atoms with Gasteiger partial charge < -0.3 is 19.5 Å². The largest absolute Gasteiger partial charge is 0.507 e. The summed E-state index contributed by atoms with van der Waals surface area (Å²) in [7, 11) is 1.48. The van der Waals surface area contributed by atoms with E-state index in [-0.39, 0.29) is 42.1 Å². The van der Waals surface area contributed by atoms with Crippen LogP contribution in [0.3, 0.4) is 0 Å². The molecule has 0 unspecified atom stereocenters. The van der Waals surface area contributed by atoms with Gasteiger partial charge >= 0.3 is 5.69 Å². The van der Waals surface area contributed by atoms with Crippen LogP contribution in [-0.2, 0) is 18.3 Å². The molecule has 0 fully saturated rings. The number of phenols is 1. The van der Waals surface area contributed by atoms with Crippen molar-refractivity contribution < 1.29 is 14.9 Å². The third-order valence-electron chi connectivity index (χ3n) is 4.38. The number of hydrogen-bond donors (Lipinski definition) is 4. The van der Waals surface area contributed by atoms with Gasteiger partial charge in [0.25, 0.3) is 5.56 Å². The van der Waals surface area contributed by atoms with Gasteiger partial charge in [0.2, 0.25) is 5.95 Å². The minimum absolute atomic E-state index is 0.0233. The van der Waals surface area contributed by atoms with Gasteiger partial charge in [0.1, 0.15) is 5.75 Å². The van der Waals surface area contributed by atoms with Gasteiger partial charge in [0.05, 0.1) is 31.6 Å². The van der Waals surface area contributed by atoms with E-state index in [1.165, 1.54) is 28.5 Å². The maximum atomic E-state index is 12.5. The highest BCUT2D eigenvalue weighted by atomic mass is 79.9. The number of imidazole rings is 1. The van der Waals surface area contributed by atoms with Crippen LogP contribution < -0.4 is 16.7 Å². The first-order valence-corrected chi connectivity index (χ1v) is 10.2. The van der Waals surface area contributed by atoms with E-state index in [1.807, 2.05) is 13.8 Å². The molecule has 0 saturated carbocycles. The molecule has 3 rings (SSSR count). The van der Waals surface area contributed by atoms with E-state index < -0.39 is 17.4 Å². The summed E-state index contributed by atoms with van der Waals surface area (Å²) in [6.45, 7) is 3.72. The Morgan fingerprint density at radius 3 is 2.84 bits per heavy atom. The second-order valence-corrected chi connectivity index (χ2v) is 8.06. The third kappa shape index (κ3) is 5.21. The number of halogens is 1. The number of hydrogen-bond acceptors (Lipinski definition) is 8. The molecule has 4 N–H and O–H groups in total. The van der Waals surface area contributed by atoms with Crippen molar-refractivity contribution in [3.63, 3.8) is 0 Å². The van der Waals surface area contributed by atoms with Gasteiger partial charge in [0.15, 0.2) is 11.2 Å². The average Bonchev–Trinajstić information content (AvgIpc) is 3.06. The molecule has 0 aliphatic carbocycles. The summed E-state index contributed by atoms with van der Waals surface area (Å²) in [5.41, 5.74) is 2.15. The van der Waals surface area contributed by atoms with Crippen LogP contribution in [0.2, 0.25) is 0 Å². The number of fused-ring (bicyclic) bond motifs is 1. The maximum absolute atomic E-state index is 12.5. The number of ether oxygens (including phenoxy) is 1. The number of nitrogens with one attached hydrogen (secondary N) is 2. The number of aryl methyl sites for hydroxylation is 1. The van der Waals surface area contributed by atoms with Gasteiger partial charge in [-0.25, -0.2) is 10.2 Å². The average molecular weight is 495 g/mol. The summed E-state index contributed by atoms with van der Waals surface area (Å²) < 4.78 is 8.82. The van der Waals surface area contributed by atoms with Crippen molar-refractivity contribution in [2.75, 3.05) is 12.0 Å². The Morgan fingerprint density at radius 1 is 1.39 bits per heavy atom. The number of aliphatic hydroxyl groups is 1. The number of aromatic hydroxyl groups is 1. The Kier molecular flexibility index (Phi) is 6.93. The van der Waals surface area contributed by atoms with E-state index in [0.717, 1.165) is 4.47 Å².